The number of nitrogens with zero attached hydrogens (tertiary/aromatic N) is 3. The number of aromatic nitrogens is 2. The average molecular weight is 345 g/mol. The predicted molar refractivity (Wildman–Crippen MR) is 92.3 cm³/mol. The molecule has 0 spiro atoms. The number of hydrogen-bond donors (Lipinski definition) is 1. The Labute approximate surface area is 147 Å². The van der Waals surface area contributed by atoms with E-state index in [0.29, 0.717) is 32.4 Å². The van der Waals surface area contributed by atoms with Crippen LogP contribution in [0, 0.1) is 11.7 Å². The number of carbonyl (C=O) groups is 1. The molecule has 2 heterocycles. The second kappa shape index (κ2) is 8.25. The summed E-state index contributed by atoms with van der Waals surface area (Å²) < 4.78 is 15.3. The first-order valence-corrected chi connectivity index (χ1v) is 8.78. The number of halogens is 1. The number of aliphatic hydroxyl groups excluding tert-OH is 1. The minimum Gasteiger partial charge on any atom is -0.393 e. The van der Waals surface area contributed by atoms with Gasteiger partial charge < -0.3 is 14.6 Å². The summed E-state index contributed by atoms with van der Waals surface area (Å²) in [5.41, 5.74) is 0.860. The van der Waals surface area contributed by atoms with Crippen molar-refractivity contribution in [2.24, 2.45) is 5.92 Å². The molecule has 0 bridgehead atoms. The van der Waals surface area contributed by atoms with Gasteiger partial charge in [-0.3, -0.25) is 4.79 Å². The number of amides is 1. The topological polar surface area (TPSA) is 58.4 Å². The number of hydrogen-bond acceptors (Lipinski definition) is 3. The van der Waals surface area contributed by atoms with Gasteiger partial charge in [-0.2, -0.15) is 0 Å². The van der Waals surface area contributed by atoms with Gasteiger partial charge in [0.2, 0.25) is 5.91 Å². The van der Waals surface area contributed by atoms with Crippen LogP contribution in [0.3, 0.4) is 0 Å². The number of rotatable bonds is 6. The fourth-order valence-electron chi connectivity index (χ4n) is 3.40. The van der Waals surface area contributed by atoms with E-state index in [-0.39, 0.29) is 17.6 Å². The van der Waals surface area contributed by atoms with Crippen molar-refractivity contribution in [2.75, 3.05) is 13.1 Å². The van der Waals surface area contributed by atoms with Crippen LogP contribution in [0.4, 0.5) is 4.39 Å². The lowest BCUT2D eigenvalue weighted by Crippen LogP contribution is -2.46. The van der Waals surface area contributed by atoms with Crippen LogP contribution in [0.1, 0.15) is 24.8 Å². The first-order chi connectivity index (χ1) is 12.1. The molecule has 0 saturated carbocycles. The van der Waals surface area contributed by atoms with Gasteiger partial charge in [-0.05, 0) is 37.0 Å². The number of benzene rings is 1. The number of likely N-dealkylation sites (tertiary alicyclic amines) is 1. The molecule has 1 aliphatic rings. The molecule has 2 aromatic rings. The maximum atomic E-state index is 13.3. The Hall–Kier alpha value is -2.21. The highest BCUT2D eigenvalue weighted by Crippen LogP contribution is 2.22. The third-order valence-electron chi connectivity index (χ3n) is 4.80. The average Bonchev–Trinajstić information content (AvgIpc) is 3.10. The number of imidazole rings is 1. The Morgan fingerprint density at radius 2 is 2.28 bits per heavy atom. The Balaban J connectivity index is 1.51. The summed E-state index contributed by atoms with van der Waals surface area (Å²) in [6.45, 7) is 1.89. The third-order valence-corrected chi connectivity index (χ3v) is 4.80. The Bertz CT molecular complexity index is 690. The fraction of sp³-hybridized carbons (Fsp3) is 0.474. The van der Waals surface area contributed by atoms with Crippen LogP contribution in [-0.4, -0.2) is 44.7 Å². The summed E-state index contributed by atoms with van der Waals surface area (Å²) in [5, 5.41) is 10.3. The highest BCUT2D eigenvalue weighted by atomic mass is 19.1. The van der Waals surface area contributed by atoms with E-state index in [1.165, 1.54) is 12.1 Å². The summed E-state index contributed by atoms with van der Waals surface area (Å²) >= 11 is 0. The first-order valence-electron chi connectivity index (χ1n) is 8.78. The van der Waals surface area contributed by atoms with Crippen LogP contribution >= 0.6 is 0 Å². The molecule has 6 heteroatoms. The van der Waals surface area contributed by atoms with Crippen LogP contribution < -0.4 is 0 Å². The molecule has 1 saturated heterocycles. The highest BCUT2D eigenvalue weighted by Gasteiger charge is 2.30. The molecule has 0 radical (unpaired) electrons. The second-order valence-electron chi connectivity index (χ2n) is 6.69. The zero-order valence-corrected chi connectivity index (χ0v) is 14.2. The molecule has 1 aliphatic heterocycles. The van der Waals surface area contributed by atoms with Gasteiger partial charge >= 0.3 is 0 Å². The van der Waals surface area contributed by atoms with Gasteiger partial charge in [0.05, 0.1) is 12.4 Å². The maximum Gasteiger partial charge on any atom is 0.222 e. The van der Waals surface area contributed by atoms with Gasteiger partial charge in [-0.1, -0.05) is 12.1 Å². The Morgan fingerprint density at radius 1 is 1.40 bits per heavy atom. The third kappa shape index (κ3) is 4.89. The molecule has 1 N–H and O–H groups in total. The SMILES string of the molecule is O=C(CCCn1ccnc1)N1CC[C@@H](O)[C@H](Cc2cccc(F)c2)C1. The number of carbonyl (C=O) groups excluding carboxylic acids is 1. The molecule has 25 heavy (non-hydrogen) atoms. The highest BCUT2D eigenvalue weighted by molar-refractivity contribution is 5.76. The maximum absolute atomic E-state index is 13.3. The predicted octanol–water partition coefficient (Wildman–Crippen LogP) is 2.25. The molecule has 3 rings (SSSR count). The first kappa shape index (κ1) is 17.6. The normalized spacial score (nSPS) is 20.6. The lowest BCUT2D eigenvalue weighted by Gasteiger charge is -2.36. The monoisotopic (exact) mass is 345 g/mol. The molecule has 5 nitrogen and oxygen atoms in total. The van der Waals surface area contributed by atoms with E-state index in [1.54, 1.807) is 18.6 Å². The van der Waals surface area contributed by atoms with Crippen molar-refractivity contribution in [3.05, 3.63) is 54.4 Å². The molecule has 1 aromatic heterocycles. The lowest BCUT2D eigenvalue weighted by molar-refractivity contribution is -0.135. The zero-order valence-electron chi connectivity index (χ0n) is 14.2. The van der Waals surface area contributed by atoms with Crippen LogP contribution in [0.5, 0.6) is 0 Å². The molecule has 1 fully saturated rings. The van der Waals surface area contributed by atoms with Crippen molar-refractivity contribution in [1.29, 1.82) is 0 Å². The number of aryl methyl sites for hydroxylation is 1. The van der Waals surface area contributed by atoms with Gasteiger partial charge in [0.15, 0.2) is 0 Å². The molecular weight excluding hydrogens is 321 g/mol. The number of piperidine rings is 1. The standard InChI is InChI=1S/C19H24FN3O2/c20-17-4-1-3-15(12-17)11-16-13-23(9-6-18(16)24)19(25)5-2-8-22-10-7-21-14-22/h1,3-4,7,10,12,14,16,18,24H,2,5-6,8-9,11,13H2/t16-,18-/m1/s1. The summed E-state index contributed by atoms with van der Waals surface area (Å²) in [6.07, 6.45) is 7.32. The van der Waals surface area contributed by atoms with Gasteiger partial charge in [-0.15, -0.1) is 0 Å². The van der Waals surface area contributed by atoms with Gasteiger partial charge in [0.25, 0.3) is 0 Å². The van der Waals surface area contributed by atoms with Gasteiger partial charge in [-0.25, -0.2) is 9.37 Å². The van der Waals surface area contributed by atoms with Crippen molar-refractivity contribution >= 4 is 5.91 Å². The van der Waals surface area contributed by atoms with Crippen molar-refractivity contribution in [3.63, 3.8) is 0 Å². The van der Waals surface area contributed by atoms with Gasteiger partial charge in [0.1, 0.15) is 5.82 Å². The van der Waals surface area contributed by atoms with Gasteiger partial charge in [0, 0.05) is 44.4 Å². The molecule has 0 unspecified atom stereocenters. The van der Waals surface area contributed by atoms with Crippen LogP contribution in [-0.2, 0) is 17.8 Å². The molecular formula is C19H24FN3O2. The molecule has 1 amide bonds. The smallest absolute Gasteiger partial charge is 0.222 e. The Morgan fingerprint density at radius 3 is 3.04 bits per heavy atom. The van der Waals surface area contributed by atoms with E-state index in [0.717, 1.165) is 18.5 Å². The summed E-state index contributed by atoms with van der Waals surface area (Å²) in [7, 11) is 0. The second-order valence-corrected chi connectivity index (χ2v) is 6.69. The van der Waals surface area contributed by atoms with E-state index >= 15 is 0 Å². The summed E-state index contributed by atoms with van der Waals surface area (Å²) in [6, 6.07) is 6.45. The van der Waals surface area contributed by atoms with Crippen molar-refractivity contribution < 1.29 is 14.3 Å². The minimum atomic E-state index is -0.446. The largest absolute Gasteiger partial charge is 0.393 e. The molecule has 0 aliphatic carbocycles. The van der Waals surface area contributed by atoms with E-state index in [9.17, 15) is 14.3 Å². The van der Waals surface area contributed by atoms with E-state index in [4.69, 9.17) is 0 Å². The number of aliphatic hydroxyl groups is 1. The van der Waals surface area contributed by atoms with E-state index < -0.39 is 6.10 Å². The molecule has 2 atom stereocenters. The van der Waals surface area contributed by atoms with Crippen LogP contribution in [0.2, 0.25) is 0 Å². The summed E-state index contributed by atoms with van der Waals surface area (Å²) in [4.78, 5) is 18.3. The van der Waals surface area contributed by atoms with E-state index in [1.807, 2.05) is 21.7 Å². The fourth-order valence-corrected chi connectivity index (χ4v) is 3.40. The van der Waals surface area contributed by atoms with Crippen molar-refractivity contribution in [1.82, 2.24) is 14.5 Å². The van der Waals surface area contributed by atoms with Crippen LogP contribution in [0.25, 0.3) is 0 Å². The van der Waals surface area contributed by atoms with E-state index in [2.05, 4.69) is 4.98 Å². The quantitative estimate of drug-likeness (QED) is 0.874. The van der Waals surface area contributed by atoms with Crippen LogP contribution in [0.15, 0.2) is 43.0 Å². The Kier molecular flexibility index (Phi) is 5.81. The lowest BCUT2D eigenvalue weighted by atomic mass is 9.88. The summed E-state index contributed by atoms with van der Waals surface area (Å²) in [5.74, 6) is -0.195. The minimum absolute atomic E-state index is 0.0480. The van der Waals surface area contributed by atoms with Crippen molar-refractivity contribution in [2.45, 2.75) is 38.3 Å². The van der Waals surface area contributed by atoms with Crippen molar-refractivity contribution in [3.8, 4) is 0 Å². The zero-order chi connectivity index (χ0) is 17.6. The molecule has 134 valence electrons. The molecule has 1 aromatic carbocycles.